The third-order valence-corrected chi connectivity index (χ3v) is 5.54. The fraction of sp³-hybridized carbons (Fsp3) is 0.280. The Morgan fingerprint density at radius 1 is 1.00 bits per heavy atom. The Morgan fingerprint density at radius 3 is 2.47 bits per heavy atom. The van der Waals surface area contributed by atoms with Crippen LogP contribution in [0.25, 0.3) is 0 Å². The van der Waals surface area contributed by atoms with Gasteiger partial charge in [0.1, 0.15) is 0 Å². The zero-order valence-electron chi connectivity index (χ0n) is 16.7. The third kappa shape index (κ3) is 5.15. The van der Waals surface area contributed by atoms with Crippen LogP contribution in [-0.2, 0) is 19.6 Å². The molecule has 3 nitrogen and oxygen atoms in total. The van der Waals surface area contributed by atoms with Crippen LogP contribution >= 0.6 is 0 Å². The summed E-state index contributed by atoms with van der Waals surface area (Å²) in [5, 5.41) is 3.51. The quantitative estimate of drug-likeness (QED) is 0.511. The van der Waals surface area contributed by atoms with Crippen molar-refractivity contribution in [1.82, 2.24) is 15.2 Å². The van der Waals surface area contributed by atoms with Crippen molar-refractivity contribution in [3.05, 3.63) is 94.8 Å². The SMILES string of the molecule is C#CCN(Cc1ccc(CN[C@@H]2C[C@H]2c2ccc(F)c(F)c2)cc1)Cc1cc[nH]c1. The normalized spacial score (nSPS) is 17.8. The molecule has 1 heterocycles. The summed E-state index contributed by atoms with van der Waals surface area (Å²) in [4.78, 5) is 5.30. The van der Waals surface area contributed by atoms with E-state index in [0.717, 1.165) is 31.6 Å². The molecule has 154 valence electrons. The van der Waals surface area contributed by atoms with E-state index in [0.29, 0.717) is 12.6 Å². The molecule has 1 aliphatic carbocycles. The minimum absolute atomic E-state index is 0.255. The molecule has 0 amide bonds. The molecule has 3 aromatic rings. The molecule has 1 aromatic heterocycles. The van der Waals surface area contributed by atoms with Crippen molar-refractivity contribution < 1.29 is 8.78 Å². The van der Waals surface area contributed by atoms with Crippen molar-refractivity contribution in [2.24, 2.45) is 0 Å². The fourth-order valence-corrected chi connectivity index (χ4v) is 3.81. The maximum atomic E-state index is 13.4. The number of benzene rings is 2. The topological polar surface area (TPSA) is 31.1 Å². The molecular formula is C25H25F2N3. The van der Waals surface area contributed by atoms with E-state index in [2.05, 4.69) is 51.5 Å². The maximum absolute atomic E-state index is 13.4. The van der Waals surface area contributed by atoms with E-state index in [1.54, 1.807) is 6.07 Å². The molecule has 0 aliphatic heterocycles. The third-order valence-electron chi connectivity index (χ3n) is 5.54. The Morgan fingerprint density at radius 2 is 1.77 bits per heavy atom. The number of aromatic amines is 1. The van der Waals surface area contributed by atoms with Gasteiger partial charge in [0.25, 0.3) is 0 Å². The first-order chi connectivity index (χ1) is 14.6. The van der Waals surface area contributed by atoms with Gasteiger partial charge in [0.2, 0.25) is 0 Å². The first-order valence-electron chi connectivity index (χ1n) is 10.2. The minimum Gasteiger partial charge on any atom is -0.367 e. The number of halogens is 2. The van der Waals surface area contributed by atoms with Gasteiger partial charge < -0.3 is 10.3 Å². The van der Waals surface area contributed by atoms with Gasteiger partial charge in [0.15, 0.2) is 11.6 Å². The van der Waals surface area contributed by atoms with E-state index in [1.807, 2.05) is 12.4 Å². The van der Waals surface area contributed by atoms with Gasteiger partial charge in [-0.2, -0.15) is 0 Å². The number of hydrogen-bond donors (Lipinski definition) is 2. The zero-order valence-corrected chi connectivity index (χ0v) is 16.7. The van der Waals surface area contributed by atoms with Crippen molar-refractivity contribution in [3.8, 4) is 12.3 Å². The van der Waals surface area contributed by atoms with E-state index < -0.39 is 11.6 Å². The van der Waals surface area contributed by atoms with Crippen LogP contribution in [0.4, 0.5) is 8.78 Å². The lowest BCUT2D eigenvalue weighted by atomic mass is 10.1. The summed E-state index contributed by atoms with van der Waals surface area (Å²) >= 11 is 0. The van der Waals surface area contributed by atoms with Crippen LogP contribution in [0.5, 0.6) is 0 Å². The van der Waals surface area contributed by atoms with E-state index in [1.165, 1.54) is 28.8 Å². The number of nitrogens with zero attached hydrogens (tertiary/aromatic N) is 1. The molecule has 0 unspecified atom stereocenters. The predicted octanol–water partition coefficient (Wildman–Crippen LogP) is 4.57. The summed E-state index contributed by atoms with van der Waals surface area (Å²) in [5.74, 6) is 1.42. The van der Waals surface area contributed by atoms with Crippen LogP contribution in [0.15, 0.2) is 60.9 Å². The van der Waals surface area contributed by atoms with Crippen molar-refractivity contribution in [2.45, 2.75) is 38.0 Å². The molecule has 0 spiro atoms. The van der Waals surface area contributed by atoms with Crippen LogP contribution in [-0.4, -0.2) is 22.5 Å². The first kappa shape index (κ1) is 20.3. The Kier molecular flexibility index (Phi) is 6.27. The Labute approximate surface area is 176 Å². The van der Waals surface area contributed by atoms with Gasteiger partial charge in [-0.1, -0.05) is 36.3 Å². The molecule has 1 aliphatic rings. The average Bonchev–Trinajstić information content (AvgIpc) is 3.34. The lowest BCUT2D eigenvalue weighted by Gasteiger charge is -2.19. The van der Waals surface area contributed by atoms with Crippen molar-refractivity contribution >= 4 is 0 Å². The molecule has 5 heteroatoms. The van der Waals surface area contributed by atoms with Gasteiger partial charge in [-0.25, -0.2) is 8.78 Å². The van der Waals surface area contributed by atoms with Crippen LogP contribution in [0, 0.1) is 24.0 Å². The second-order valence-corrected chi connectivity index (χ2v) is 7.89. The highest BCUT2D eigenvalue weighted by Gasteiger charge is 2.38. The molecule has 2 N–H and O–H groups in total. The van der Waals surface area contributed by atoms with Crippen LogP contribution in [0.1, 0.15) is 34.6 Å². The molecule has 0 bridgehead atoms. The van der Waals surface area contributed by atoms with Gasteiger partial charge >= 0.3 is 0 Å². The summed E-state index contributed by atoms with van der Waals surface area (Å²) < 4.78 is 26.5. The predicted molar refractivity (Wildman–Crippen MR) is 115 cm³/mol. The molecule has 2 atom stereocenters. The zero-order chi connectivity index (χ0) is 20.9. The highest BCUT2D eigenvalue weighted by molar-refractivity contribution is 5.29. The lowest BCUT2D eigenvalue weighted by Crippen LogP contribution is -2.23. The number of aromatic nitrogens is 1. The number of nitrogens with one attached hydrogen (secondary N) is 2. The van der Waals surface area contributed by atoms with Crippen LogP contribution < -0.4 is 5.32 Å². The monoisotopic (exact) mass is 405 g/mol. The second-order valence-electron chi connectivity index (χ2n) is 7.89. The summed E-state index contributed by atoms with van der Waals surface area (Å²) in [6.07, 6.45) is 10.4. The Balaban J connectivity index is 1.27. The van der Waals surface area contributed by atoms with E-state index in [9.17, 15) is 8.78 Å². The standard InChI is InChI=1S/C25H25F2N3/c1-2-11-30(17-20-9-10-28-14-20)16-19-5-3-18(4-6-19)15-29-25-13-22(25)21-7-8-23(26)24(27)12-21/h1,3-10,12,14,22,25,28-29H,11,13,15-17H2/t22-,25+/m0/s1. The summed E-state index contributed by atoms with van der Waals surface area (Å²) in [7, 11) is 0. The van der Waals surface area contributed by atoms with Gasteiger partial charge in [-0.15, -0.1) is 6.42 Å². The average molecular weight is 405 g/mol. The Hall–Kier alpha value is -2.94. The second kappa shape index (κ2) is 9.25. The van der Waals surface area contributed by atoms with Gasteiger partial charge in [0.05, 0.1) is 6.54 Å². The molecule has 0 radical (unpaired) electrons. The number of hydrogen-bond acceptors (Lipinski definition) is 2. The molecule has 1 saturated carbocycles. The molecule has 4 rings (SSSR count). The van der Waals surface area contributed by atoms with E-state index in [-0.39, 0.29) is 5.92 Å². The molecule has 1 fully saturated rings. The van der Waals surface area contributed by atoms with Crippen LogP contribution in [0.3, 0.4) is 0 Å². The lowest BCUT2D eigenvalue weighted by molar-refractivity contribution is 0.291. The largest absolute Gasteiger partial charge is 0.367 e. The Bertz CT molecular complexity index is 1010. The van der Waals surface area contributed by atoms with Crippen molar-refractivity contribution in [2.75, 3.05) is 6.54 Å². The number of H-pyrrole nitrogens is 1. The number of terminal acetylenes is 1. The summed E-state index contributed by atoms with van der Waals surface area (Å²) in [6, 6.07) is 15.1. The van der Waals surface area contributed by atoms with E-state index >= 15 is 0 Å². The van der Waals surface area contributed by atoms with Gasteiger partial charge in [-0.05, 0) is 46.9 Å². The maximum Gasteiger partial charge on any atom is 0.159 e. The molecule has 30 heavy (non-hydrogen) atoms. The summed E-state index contributed by atoms with van der Waals surface area (Å²) in [6.45, 7) is 2.96. The molecular weight excluding hydrogens is 380 g/mol. The van der Waals surface area contributed by atoms with Crippen molar-refractivity contribution in [1.29, 1.82) is 0 Å². The highest BCUT2D eigenvalue weighted by atomic mass is 19.2. The first-order valence-corrected chi connectivity index (χ1v) is 10.2. The van der Waals surface area contributed by atoms with Crippen molar-refractivity contribution in [3.63, 3.8) is 0 Å². The summed E-state index contributed by atoms with van der Waals surface area (Å²) in [5.41, 5.74) is 4.49. The fourth-order valence-electron chi connectivity index (χ4n) is 3.81. The minimum atomic E-state index is -0.794. The molecule has 2 aromatic carbocycles. The van der Waals surface area contributed by atoms with Gasteiger partial charge in [-0.3, -0.25) is 4.90 Å². The van der Waals surface area contributed by atoms with Gasteiger partial charge in [0, 0.05) is 44.0 Å². The highest BCUT2D eigenvalue weighted by Crippen LogP contribution is 2.41. The van der Waals surface area contributed by atoms with Crippen LogP contribution in [0.2, 0.25) is 0 Å². The molecule has 0 saturated heterocycles. The van der Waals surface area contributed by atoms with E-state index in [4.69, 9.17) is 6.42 Å². The number of rotatable bonds is 9. The smallest absolute Gasteiger partial charge is 0.159 e.